The van der Waals surface area contributed by atoms with Gasteiger partial charge in [0.05, 0.1) is 0 Å². The number of hydrogen-bond acceptors (Lipinski definition) is 3. The number of Topliss-reactive ketones (excluding diaryl/α,β-unsaturated/α-hetero) is 2. The van der Waals surface area contributed by atoms with E-state index >= 15 is 0 Å². The summed E-state index contributed by atoms with van der Waals surface area (Å²) in [6, 6.07) is 4.80. The van der Waals surface area contributed by atoms with Gasteiger partial charge in [0.25, 0.3) is 0 Å². The third-order valence-electron chi connectivity index (χ3n) is 2.58. The minimum Gasteiger partial charge on any atom is -0.326 e. The highest BCUT2D eigenvalue weighted by Gasteiger charge is 2.15. The lowest BCUT2D eigenvalue weighted by Crippen LogP contribution is -2.11. The first-order chi connectivity index (χ1) is 8.49. The Morgan fingerprint density at radius 2 is 1.56 bits per heavy atom. The number of rotatable bonds is 5. The van der Waals surface area contributed by atoms with Crippen molar-refractivity contribution in [1.82, 2.24) is 0 Å². The maximum Gasteiger partial charge on any atom is 0.221 e. The van der Waals surface area contributed by atoms with Crippen molar-refractivity contribution >= 4 is 23.2 Å². The SMILES string of the molecule is CCC(=O)c1ccc(NC(C)=O)cc1C(=O)CC. The van der Waals surface area contributed by atoms with Crippen LogP contribution in [0.5, 0.6) is 0 Å². The van der Waals surface area contributed by atoms with Gasteiger partial charge in [-0.05, 0) is 18.2 Å². The summed E-state index contributed by atoms with van der Waals surface area (Å²) in [6.45, 7) is 4.89. The summed E-state index contributed by atoms with van der Waals surface area (Å²) >= 11 is 0. The van der Waals surface area contributed by atoms with E-state index in [2.05, 4.69) is 5.32 Å². The van der Waals surface area contributed by atoms with Crippen LogP contribution >= 0.6 is 0 Å². The van der Waals surface area contributed by atoms with Gasteiger partial charge in [-0.15, -0.1) is 0 Å². The molecule has 1 amide bonds. The van der Waals surface area contributed by atoms with Crippen LogP contribution in [-0.4, -0.2) is 17.5 Å². The van der Waals surface area contributed by atoms with E-state index in [1.165, 1.54) is 6.92 Å². The Balaban J connectivity index is 3.24. The zero-order chi connectivity index (χ0) is 13.7. The summed E-state index contributed by atoms with van der Waals surface area (Å²) in [7, 11) is 0. The molecule has 0 bridgehead atoms. The van der Waals surface area contributed by atoms with Gasteiger partial charge >= 0.3 is 0 Å². The summed E-state index contributed by atoms with van der Waals surface area (Å²) in [5.74, 6) is -0.375. The van der Waals surface area contributed by atoms with Gasteiger partial charge in [0.1, 0.15) is 0 Å². The number of carbonyl (C=O) groups excluding carboxylic acids is 3. The summed E-state index contributed by atoms with van der Waals surface area (Å²) in [6.07, 6.45) is 0.678. The second-order valence-corrected chi connectivity index (χ2v) is 4.00. The fraction of sp³-hybridized carbons (Fsp3) is 0.357. The molecular formula is C14H17NO3. The van der Waals surface area contributed by atoms with Gasteiger partial charge in [-0.3, -0.25) is 14.4 Å². The fourth-order valence-corrected chi connectivity index (χ4v) is 1.68. The Bertz CT molecular complexity index is 492. The van der Waals surface area contributed by atoms with Crippen molar-refractivity contribution in [3.63, 3.8) is 0 Å². The predicted octanol–water partition coefficient (Wildman–Crippen LogP) is 2.83. The fourth-order valence-electron chi connectivity index (χ4n) is 1.68. The molecule has 1 N–H and O–H groups in total. The van der Waals surface area contributed by atoms with Crippen molar-refractivity contribution in [2.75, 3.05) is 5.32 Å². The number of amides is 1. The molecule has 96 valence electrons. The van der Waals surface area contributed by atoms with Crippen LogP contribution in [-0.2, 0) is 4.79 Å². The minimum atomic E-state index is -0.209. The van der Waals surface area contributed by atoms with Crippen LogP contribution in [0.25, 0.3) is 0 Å². The van der Waals surface area contributed by atoms with Gasteiger partial charge in [0.2, 0.25) is 5.91 Å². The maximum atomic E-state index is 11.8. The van der Waals surface area contributed by atoms with Crippen LogP contribution in [0.4, 0.5) is 5.69 Å². The molecule has 0 fully saturated rings. The molecule has 18 heavy (non-hydrogen) atoms. The molecule has 4 nitrogen and oxygen atoms in total. The first-order valence-corrected chi connectivity index (χ1v) is 5.97. The number of carbonyl (C=O) groups is 3. The van der Waals surface area contributed by atoms with Crippen molar-refractivity contribution in [3.05, 3.63) is 29.3 Å². The summed E-state index contributed by atoms with van der Waals surface area (Å²) in [5, 5.41) is 2.61. The van der Waals surface area contributed by atoms with E-state index in [-0.39, 0.29) is 17.5 Å². The zero-order valence-electron chi connectivity index (χ0n) is 10.9. The lowest BCUT2D eigenvalue weighted by Gasteiger charge is -2.09. The summed E-state index contributed by atoms with van der Waals surface area (Å²) < 4.78 is 0. The molecule has 4 heteroatoms. The molecule has 0 radical (unpaired) electrons. The van der Waals surface area contributed by atoms with E-state index in [0.717, 1.165) is 0 Å². The smallest absolute Gasteiger partial charge is 0.221 e. The zero-order valence-corrected chi connectivity index (χ0v) is 10.9. The Kier molecular flexibility index (Phi) is 4.77. The van der Waals surface area contributed by atoms with Crippen molar-refractivity contribution in [2.24, 2.45) is 0 Å². The van der Waals surface area contributed by atoms with Crippen molar-refractivity contribution in [3.8, 4) is 0 Å². The Morgan fingerprint density at radius 1 is 1.00 bits per heavy atom. The molecule has 0 aromatic heterocycles. The Morgan fingerprint density at radius 3 is 2.06 bits per heavy atom. The molecule has 0 spiro atoms. The number of nitrogens with one attached hydrogen (secondary N) is 1. The molecule has 0 heterocycles. The Hall–Kier alpha value is -1.97. The first-order valence-electron chi connectivity index (χ1n) is 5.97. The average molecular weight is 247 g/mol. The average Bonchev–Trinajstić information content (AvgIpc) is 2.36. The van der Waals surface area contributed by atoms with E-state index < -0.39 is 0 Å². The van der Waals surface area contributed by atoms with E-state index in [1.54, 1.807) is 32.0 Å². The first kappa shape index (κ1) is 14.1. The lowest BCUT2D eigenvalue weighted by atomic mass is 9.97. The minimum absolute atomic E-state index is 0.0684. The van der Waals surface area contributed by atoms with Crippen molar-refractivity contribution in [2.45, 2.75) is 33.6 Å². The third-order valence-corrected chi connectivity index (χ3v) is 2.58. The third kappa shape index (κ3) is 3.26. The van der Waals surface area contributed by atoms with Gasteiger partial charge in [0, 0.05) is 36.6 Å². The summed E-state index contributed by atoms with van der Waals surface area (Å²) in [4.78, 5) is 34.6. The molecule has 0 saturated carbocycles. The molecule has 0 aliphatic carbocycles. The number of benzene rings is 1. The second-order valence-electron chi connectivity index (χ2n) is 4.00. The highest BCUT2D eigenvalue weighted by molar-refractivity contribution is 6.09. The molecule has 1 rings (SSSR count). The quantitative estimate of drug-likeness (QED) is 0.814. The van der Waals surface area contributed by atoms with E-state index in [9.17, 15) is 14.4 Å². The monoisotopic (exact) mass is 247 g/mol. The van der Waals surface area contributed by atoms with E-state index in [1.807, 2.05) is 0 Å². The highest BCUT2D eigenvalue weighted by Crippen LogP contribution is 2.19. The van der Waals surface area contributed by atoms with Crippen LogP contribution in [0.1, 0.15) is 54.3 Å². The van der Waals surface area contributed by atoms with Gasteiger partial charge < -0.3 is 5.32 Å². The molecule has 1 aromatic carbocycles. The van der Waals surface area contributed by atoms with Crippen LogP contribution in [0, 0.1) is 0 Å². The van der Waals surface area contributed by atoms with Gasteiger partial charge in [-0.25, -0.2) is 0 Å². The van der Waals surface area contributed by atoms with Gasteiger partial charge in [0.15, 0.2) is 11.6 Å². The maximum absolute atomic E-state index is 11.8. The van der Waals surface area contributed by atoms with Crippen LogP contribution in [0.3, 0.4) is 0 Å². The number of ketones is 2. The molecular weight excluding hydrogens is 230 g/mol. The topological polar surface area (TPSA) is 63.2 Å². The van der Waals surface area contributed by atoms with Crippen molar-refractivity contribution < 1.29 is 14.4 Å². The number of anilines is 1. The van der Waals surface area contributed by atoms with Crippen LogP contribution in [0.2, 0.25) is 0 Å². The molecule has 0 atom stereocenters. The van der Waals surface area contributed by atoms with E-state index in [4.69, 9.17) is 0 Å². The van der Waals surface area contributed by atoms with Crippen LogP contribution < -0.4 is 5.32 Å². The standard InChI is InChI=1S/C14H17NO3/c1-4-13(17)11-7-6-10(15-9(3)16)8-12(11)14(18)5-2/h6-8H,4-5H2,1-3H3,(H,15,16). The lowest BCUT2D eigenvalue weighted by molar-refractivity contribution is -0.114. The molecule has 1 aromatic rings. The van der Waals surface area contributed by atoms with Crippen molar-refractivity contribution in [1.29, 1.82) is 0 Å². The predicted molar refractivity (Wildman–Crippen MR) is 70.0 cm³/mol. The molecule has 0 unspecified atom stereocenters. The molecule has 0 aliphatic rings. The number of hydrogen-bond donors (Lipinski definition) is 1. The molecule has 0 aliphatic heterocycles. The second kappa shape index (κ2) is 6.10. The largest absolute Gasteiger partial charge is 0.326 e. The summed E-state index contributed by atoms with van der Waals surface area (Å²) in [5.41, 5.74) is 1.35. The van der Waals surface area contributed by atoms with Gasteiger partial charge in [-0.2, -0.15) is 0 Å². The normalized spacial score (nSPS) is 9.94. The van der Waals surface area contributed by atoms with Crippen LogP contribution in [0.15, 0.2) is 18.2 Å². The van der Waals surface area contributed by atoms with E-state index in [0.29, 0.717) is 29.7 Å². The Labute approximate surface area is 106 Å². The molecule has 0 saturated heterocycles. The van der Waals surface area contributed by atoms with Gasteiger partial charge in [-0.1, -0.05) is 13.8 Å². The highest BCUT2D eigenvalue weighted by atomic mass is 16.1.